The number of carbonyl (C=O) groups excluding carboxylic acids is 1. The van der Waals surface area contributed by atoms with Crippen molar-refractivity contribution in [3.05, 3.63) is 0 Å². The average molecular weight is 272 g/mol. The zero-order valence-corrected chi connectivity index (χ0v) is 13.1. The summed E-state index contributed by atoms with van der Waals surface area (Å²) in [6.45, 7) is 9.85. The van der Waals surface area contributed by atoms with Crippen LogP contribution in [0.5, 0.6) is 0 Å². The van der Waals surface area contributed by atoms with Gasteiger partial charge in [-0.1, -0.05) is 20.3 Å². The van der Waals surface area contributed by atoms with Crippen LogP contribution in [0.4, 0.5) is 4.79 Å². The van der Waals surface area contributed by atoms with E-state index in [1.807, 2.05) is 13.8 Å². The highest BCUT2D eigenvalue weighted by Gasteiger charge is 2.37. The van der Waals surface area contributed by atoms with E-state index in [0.717, 1.165) is 19.3 Å². The molecule has 112 valence electrons. The summed E-state index contributed by atoms with van der Waals surface area (Å²) in [5.74, 6) is -0.997. The van der Waals surface area contributed by atoms with Crippen molar-refractivity contribution in [2.24, 2.45) is 0 Å². The number of urea groups is 1. The highest BCUT2D eigenvalue weighted by molar-refractivity contribution is 5.85. The van der Waals surface area contributed by atoms with Gasteiger partial charge in [0.05, 0.1) is 0 Å². The van der Waals surface area contributed by atoms with Crippen molar-refractivity contribution in [1.82, 2.24) is 9.80 Å². The standard InChI is InChI=1S/C14H28N2O3/c1-7-9-10-16(11(3)8-2)13(19)15(6)14(4,5)12(17)18/h11H,7-10H2,1-6H3,(H,17,18). The molecule has 2 amide bonds. The maximum absolute atomic E-state index is 12.5. The molecular formula is C14H28N2O3. The fraction of sp³-hybridized carbons (Fsp3) is 0.857. The van der Waals surface area contributed by atoms with Gasteiger partial charge in [0.25, 0.3) is 0 Å². The van der Waals surface area contributed by atoms with Crippen LogP contribution in [-0.4, -0.2) is 52.1 Å². The van der Waals surface area contributed by atoms with E-state index in [1.165, 1.54) is 4.90 Å². The van der Waals surface area contributed by atoms with Crippen molar-refractivity contribution in [3.63, 3.8) is 0 Å². The van der Waals surface area contributed by atoms with E-state index in [9.17, 15) is 14.7 Å². The molecule has 1 unspecified atom stereocenters. The first kappa shape index (κ1) is 17.7. The predicted molar refractivity (Wildman–Crippen MR) is 76.2 cm³/mol. The van der Waals surface area contributed by atoms with Crippen molar-refractivity contribution >= 4 is 12.0 Å². The summed E-state index contributed by atoms with van der Waals surface area (Å²) in [6.07, 6.45) is 2.79. The predicted octanol–water partition coefficient (Wildman–Crippen LogP) is 2.80. The zero-order valence-electron chi connectivity index (χ0n) is 13.1. The van der Waals surface area contributed by atoms with Gasteiger partial charge in [-0.05, 0) is 33.6 Å². The van der Waals surface area contributed by atoms with E-state index in [0.29, 0.717) is 6.54 Å². The highest BCUT2D eigenvalue weighted by atomic mass is 16.4. The van der Waals surface area contributed by atoms with Crippen LogP contribution in [0.1, 0.15) is 53.9 Å². The Morgan fingerprint density at radius 2 is 1.79 bits per heavy atom. The van der Waals surface area contributed by atoms with Gasteiger partial charge >= 0.3 is 12.0 Å². The van der Waals surface area contributed by atoms with Gasteiger partial charge in [0.15, 0.2) is 0 Å². The molecule has 1 atom stereocenters. The first-order valence-electron chi connectivity index (χ1n) is 6.97. The SMILES string of the molecule is CCCCN(C(=O)N(C)C(C)(C)C(=O)O)C(C)CC. The first-order valence-corrected chi connectivity index (χ1v) is 6.97. The fourth-order valence-corrected chi connectivity index (χ4v) is 1.63. The Labute approximate surface area is 116 Å². The molecule has 0 aromatic rings. The van der Waals surface area contributed by atoms with Crippen molar-refractivity contribution in [2.45, 2.75) is 65.5 Å². The molecule has 1 N–H and O–H groups in total. The lowest BCUT2D eigenvalue weighted by molar-refractivity contribution is -0.147. The molecule has 0 aliphatic carbocycles. The molecule has 0 fully saturated rings. The van der Waals surface area contributed by atoms with E-state index in [-0.39, 0.29) is 12.1 Å². The van der Waals surface area contributed by atoms with Gasteiger partial charge in [0.1, 0.15) is 5.54 Å². The molecule has 0 spiro atoms. The Morgan fingerprint density at radius 3 is 2.16 bits per heavy atom. The number of hydrogen-bond acceptors (Lipinski definition) is 2. The van der Waals surface area contributed by atoms with Gasteiger partial charge in [0, 0.05) is 19.6 Å². The summed E-state index contributed by atoms with van der Waals surface area (Å²) in [5, 5.41) is 9.20. The summed E-state index contributed by atoms with van der Waals surface area (Å²) in [7, 11) is 1.55. The number of aliphatic carboxylic acids is 1. The second kappa shape index (κ2) is 7.36. The van der Waals surface area contributed by atoms with Crippen molar-refractivity contribution in [3.8, 4) is 0 Å². The van der Waals surface area contributed by atoms with Gasteiger partial charge in [-0.2, -0.15) is 0 Å². The molecule has 0 aliphatic heterocycles. The van der Waals surface area contributed by atoms with E-state index >= 15 is 0 Å². The van der Waals surface area contributed by atoms with Crippen LogP contribution in [0.3, 0.4) is 0 Å². The molecule has 0 bridgehead atoms. The molecule has 5 heteroatoms. The average Bonchev–Trinajstić information content (AvgIpc) is 2.37. The second-order valence-electron chi connectivity index (χ2n) is 5.51. The van der Waals surface area contributed by atoms with Gasteiger partial charge in [-0.15, -0.1) is 0 Å². The molecule has 0 saturated carbocycles. The van der Waals surface area contributed by atoms with Gasteiger partial charge in [0.2, 0.25) is 0 Å². The molecule has 0 saturated heterocycles. The van der Waals surface area contributed by atoms with Gasteiger partial charge in [-0.25, -0.2) is 9.59 Å². The number of likely N-dealkylation sites (N-methyl/N-ethyl adjacent to an activating group) is 1. The molecule has 0 radical (unpaired) electrons. The lowest BCUT2D eigenvalue weighted by Gasteiger charge is -2.38. The third-order valence-corrected chi connectivity index (χ3v) is 3.77. The first-order chi connectivity index (χ1) is 8.69. The quantitative estimate of drug-likeness (QED) is 0.775. The Balaban J connectivity index is 5.03. The summed E-state index contributed by atoms with van der Waals surface area (Å²) >= 11 is 0. The van der Waals surface area contributed by atoms with Gasteiger partial charge in [-0.3, -0.25) is 0 Å². The van der Waals surface area contributed by atoms with E-state index in [4.69, 9.17) is 0 Å². The number of amides is 2. The van der Waals surface area contributed by atoms with E-state index < -0.39 is 11.5 Å². The fourth-order valence-electron chi connectivity index (χ4n) is 1.63. The molecule has 19 heavy (non-hydrogen) atoms. The summed E-state index contributed by atoms with van der Waals surface area (Å²) in [6, 6.07) is -0.0960. The van der Waals surface area contributed by atoms with Crippen LogP contribution in [-0.2, 0) is 4.79 Å². The van der Waals surface area contributed by atoms with Crippen LogP contribution in [0.15, 0.2) is 0 Å². The number of rotatable bonds is 7. The zero-order chi connectivity index (χ0) is 15.2. The minimum atomic E-state index is -1.20. The molecule has 5 nitrogen and oxygen atoms in total. The number of carbonyl (C=O) groups is 2. The molecule has 0 aliphatic rings. The number of carboxylic acid groups (broad SMARTS) is 1. The third kappa shape index (κ3) is 4.40. The minimum absolute atomic E-state index is 0.117. The van der Waals surface area contributed by atoms with Crippen LogP contribution in [0, 0.1) is 0 Å². The normalized spacial score (nSPS) is 12.9. The van der Waals surface area contributed by atoms with E-state index in [1.54, 1.807) is 25.8 Å². The van der Waals surface area contributed by atoms with Crippen LogP contribution >= 0.6 is 0 Å². The lowest BCUT2D eigenvalue weighted by Crippen LogP contribution is -2.56. The maximum atomic E-state index is 12.5. The Morgan fingerprint density at radius 1 is 1.26 bits per heavy atom. The van der Waals surface area contributed by atoms with Crippen LogP contribution < -0.4 is 0 Å². The van der Waals surface area contributed by atoms with Crippen molar-refractivity contribution in [2.75, 3.05) is 13.6 Å². The monoisotopic (exact) mass is 272 g/mol. The summed E-state index contributed by atoms with van der Waals surface area (Å²) in [5.41, 5.74) is -1.20. The number of carboxylic acids is 1. The summed E-state index contributed by atoms with van der Waals surface area (Å²) in [4.78, 5) is 26.8. The number of unbranched alkanes of at least 4 members (excludes halogenated alkanes) is 1. The molecule has 0 aromatic heterocycles. The Bertz CT molecular complexity index is 316. The third-order valence-electron chi connectivity index (χ3n) is 3.77. The summed E-state index contributed by atoms with van der Waals surface area (Å²) < 4.78 is 0. The molecule has 0 rings (SSSR count). The van der Waals surface area contributed by atoms with E-state index in [2.05, 4.69) is 6.92 Å². The lowest BCUT2D eigenvalue weighted by atomic mass is 10.0. The van der Waals surface area contributed by atoms with Crippen molar-refractivity contribution in [1.29, 1.82) is 0 Å². The Hall–Kier alpha value is -1.26. The van der Waals surface area contributed by atoms with Crippen LogP contribution in [0.2, 0.25) is 0 Å². The smallest absolute Gasteiger partial charge is 0.329 e. The van der Waals surface area contributed by atoms with Crippen molar-refractivity contribution < 1.29 is 14.7 Å². The number of hydrogen-bond donors (Lipinski definition) is 1. The second-order valence-corrected chi connectivity index (χ2v) is 5.51. The molecule has 0 aromatic carbocycles. The molecule has 0 heterocycles. The van der Waals surface area contributed by atoms with Crippen LogP contribution in [0.25, 0.3) is 0 Å². The highest BCUT2D eigenvalue weighted by Crippen LogP contribution is 2.17. The maximum Gasteiger partial charge on any atom is 0.329 e. The largest absolute Gasteiger partial charge is 0.480 e. The molecular weight excluding hydrogens is 244 g/mol. The minimum Gasteiger partial charge on any atom is -0.480 e. The topological polar surface area (TPSA) is 60.9 Å². The number of nitrogens with zero attached hydrogens (tertiary/aromatic N) is 2. The van der Waals surface area contributed by atoms with Gasteiger partial charge < -0.3 is 14.9 Å². The Kier molecular flexibility index (Phi) is 6.87.